The summed E-state index contributed by atoms with van der Waals surface area (Å²) in [6.07, 6.45) is 0. The number of nitrogens with one attached hydrogen (secondary N) is 3. The van der Waals surface area contributed by atoms with E-state index in [1.54, 1.807) is 19.2 Å². The first-order chi connectivity index (χ1) is 9.61. The summed E-state index contributed by atoms with van der Waals surface area (Å²) >= 11 is 5.76. The number of methoxy groups -OCH3 is 1. The van der Waals surface area contributed by atoms with Gasteiger partial charge in [-0.3, -0.25) is 4.79 Å². The van der Waals surface area contributed by atoms with Crippen molar-refractivity contribution in [3.05, 3.63) is 34.9 Å². The number of urea groups is 1. The molecule has 0 aromatic heterocycles. The Hall–Kier alpha value is -1.79. The van der Waals surface area contributed by atoms with Crippen LogP contribution < -0.4 is 16.0 Å². The predicted octanol–water partition coefficient (Wildman–Crippen LogP) is 0.902. The van der Waals surface area contributed by atoms with E-state index >= 15 is 0 Å². The van der Waals surface area contributed by atoms with Crippen molar-refractivity contribution in [2.75, 3.05) is 26.8 Å². The van der Waals surface area contributed by atoms with Crippen molar-refractivity contribution in [1.82, 2.24) is 16.0 Å². The molecule has 0 spiro atoms. The standard InChI is InChI=1S/C13H18ClN3O3/c1-20-7-6-15-13(19)17-9-12(18)16-8-10-2-4-11(14)5-3-10/h2-5H,6-9H2,1H3,(H,16,18)(H2,15,17,19). The lowest BCUT2D eigenvalue weighted by Gasteiger charge is -2.08. The number of halogens is 1. The summed E-state index contributed by atoms with van der Waals surface area (Å²) in [6, 6.07) is 6.76. The summed E-state index contributed by atoms with van der Waals surface area (Å²) < 4.78 is 4.78. The molecular weight excluding hydrogens is 282 g/mol. The summed E-state index contributed by atoms with van der Waals surface area (Å²) in [5.74, 6) is -0.262. The lowest BCUT2D eigenvalue weighted by atomic mass is 10.2. The van der Waals surface area contributed by atoms with Crippen LogP contribution in [-0.2, 0) is 16.1 Å². The molecule has 3 amide bonds. The minimum Gasteiger partial charge on any atom is -0.383 e. The maximum Gasteiger partial charge on any atom is 0.315 e. The summed E-state index contributed by atoms with van der Waals surface area (Å²) in [4.78, 5) is 22.8. The van der Waals surface area contributed by atoms with Gasteiger partial charge in [0.1, 0.15) is 0 Å². The molecule has 1 rings (SSSR count). The second-order valence-corrected chi connectivity index (χ2v) is 4.44. The maximum absolute atomic E-state index is 11.5. The van der Waals surface area contributed by atoms with Crippen LogP contribution in [-0.4, -0.2) is 38.7 Å². The number of carbonyl (C=O) groups is 2. The van der Waals surface area contributed by atoms with E-state index < -0.39 is 6.03 Å². The molecule has 0 aliphatic carbocycles. The highest BCUT2D eigenvalue weighted by molar-refractivity contribution is 6.30. The number of rotatable bonds is 7. The second-order valence-electron chi connectivity index (χ2n) is 4.01. The number of benzene rings is 1. The zero-order chi connectivity index (χ0) is 14.8. The van der Waals surface area contributed by atoms with Gasteiger partial charge in [0.25, 0.3) is 0 Å². The Kier molecular flexibility index (Phi) is 7.46. The van der Waals surface area contributed by atoms with Crippen LogP contribution in [0, 0.1) is 0 Å². The van der Waals surface area contributed by atoms with Crippen LogP contribution in [0.15, 0.2) is 24.3 Å². The molecular formula is C13H18ClN3O3. The molecule has 3 N–H and O–H groups in total. The molecule has 0 bridgehead atoms. The molecule has 0 unspecified atom stereocenters. The van der Waals surface area contributed by atoms with E-state index in [2.05, 4.69) is 16.0 Å². The van der Waals surface area contributed by atoms with Gasteiger partial charge in [-0.2, -0.15) is 0 Å². The molecule has 6 nitrogen and oxygen atoms in total. The van der Waals surface area contributed by atoms with E-state index in [9.17, 15) is 9.59 Å². The maximum atomic E-state index is 11.5. The molecule has 0 radical (unpaired) electrons. The van der Waals surface area contributed by atoms with Gasteiger partial charge in [-0.25, -0.2) is 4.79 Å². The Morgan fingerprint density at radius 1 is 1.15 bits per heavy atom. The molecule has 110 valence electrons. The van der Waals surface area contributed by atoms with Crippen molar-refractivity contribution in [3.63, 3.8) is 0 Å². The first-order valence-electron chi connectivity index (χ1n) is 6.13. The average molecular weight is 300 g/mol. The van der Waals surface area contributed by atoms with Crippen LogP contribution in [0.1, 0.15) is 5.56 Å². The van der Waals surface area contributed by atoms with Crippen molar-refractivity contribution in [1.29, 1.82) is 0 Å². The van der Waals surface area contributed by atoms with Crippen LogP contribution >= 0.6 is 11.6 Å². The van der Waals surface area contributed by atoms with Crippen molar-refractivity contribution >= 4 is 23.5 Å². The van der Waals surface area contributed by atoms with Crippen LogP contribution in [0.2, 0.25) is 5.02 Å². The van der Waals surface area contributed by atoms with Gasteiger partial charge in [-0.15, -0.1) is 0 Å². The van der Waals surface area contributed by atoms with Gasteiger partial charge >= 0.3 is 6.03 Å². The molecule has 20 heavy (non-hydrogen) atoms. The molecule has 0 aliphatic rings. The van der Waals surface area contributed by atoms with Gasteiger partial charge in [0.2, 0.25) is 5.91 Å². The highest BCUT2D eigenvalue weighted by Crippen LogP contribution is 2.08. The lowest BCUT2D eigenvalue weighted by Crippen LogP contribution is -2.42. The first kappa shape index (κ1) is 16.3. The van der Waals surface area contributed by atoms with E-state index in [4.69, 9.17) is 16.3 Å². The van der Waals surface area contributed by atoms with Crippen molar-refractivity contribution < 1.29 is 14.3 Å². The summed E-state index contributed by atoms with van der Waals surface area (Å²) in [6.45, 7) is 1.14. The number of hydrogen-bond acceptors (Lipinski definition) is 3. The van der Waals surface area contributed by atoms with Gasteiger partial charge in [-0.1, -0.05) is 23.7 Å². The van der Waals surface area contributed by atoms with Gasteiger partial charge < -0.3 is 20.7 Å². The fourth-order valence-corrected chi connectivity index (χ4v) is 1.48. The Morgan fingerprint density at radius 3 is 2.50 bits per heavy atom. The summed E-state index contributed by atoms with van der Waals surface area (Å²) in [5, 5.41) is 8.34. The Balaban J connectivity index is 2.17. The fourth-order valence-electron chi connectivity index (χ4n) is 1.36. The first-order valence-corrected chi connectivity index (χ1v) is 6.51. The normalized spacial score (nSPS) is 9.90. The quantitative estimate of drug-likeness (QED) is 0.655. The minimum absolute atomic E-state index is 0.0770. The van der Waals surface area contributed by atoms with E-state index in [0.717, 1.165) is 5.56 Å². The molecule has 0 atom stereocenters. The van der Waals surface area contributed by atoms with Gasteiger partial charge in [0.05, 0.1) is 13.2 Å². The van der Waals surface area contributed by atoms with Crippen molar-refractivity contribution in [2.45, 2.75) is 6.54 Å². The highest BCUT2D eigenvalue weighted by atomic mass is 35.5. The Morgan fingerprint density at radius 2 is 1.85 bits per heavy atom. The van der Waals surface area contributed by atoms with E-state index in [-0.39, 0.29) is 12.5 Å². The smallest absolute Gasteiger partial charge is 0.315 e. The van der Waals surface area contributed by atoms with Crippen LogP contribution in [0.25, 0.3) is 0 Å². The fraction of sp³-hybridized carbons (Fsp3) is 0.385. The van der Waals surface area contributed by atoms with Crippen molar-refractivity contribution in [3.8, 4) is 0 Å². The number of amides is 3. The van der Waals surface area contributed by atoms with Crippen LogP contribution in [0.4, 0.5) is 4.79 Å². The molecule has 0 saturated carbocycles. The third-order valence-electron chi connectivity index (χ3n) is 2.40. The second kappa shape index (κ2) is 9.17. The van der Waals surface area contributed by atoms with Crippen molar-refractivity contribution in [2.24, 2.45) is 0 Å². The van der Waals surface area contributed by atoms with E-state index in [1.165, 1.54) is 0 Å². The number of hydrogen-bond donors (Lipinski definition) is 3. The molecule has 0 fully saturated rings. The molecule has 0 aliphatic heterocycles. The van der Waals surface area contributed by atoms with Gasteiger partial charge in [-0.05, 0) is 17.7 Å². The third kappa shape index (κ3) is 6.96. The third-order valence-corrected chi connectivity index (χ3v) is 2.66. The summed E-state index contributed by atoms with van der Waals surface area (Å²) in [7, 11) is 1.55. The molecule has 1 aromatic rings. The lowest BCUT2D eigenvalue weighted by molar-refractivity contribution is -0.120. The van der Waals surface area contributed by atoms with E-state index in [1.807, 2.05) is 12.1 Å². The largest absolute Gasteiger partial charge is 0.383 e. The SMILES string of the molecule is COCCNC(=O)NCC(=O)NCc1ccc(Cl)cc1. The molecule has 0 heterocycles. The number of ether oxygens (including phenoxy) is 1. The monoisotopic (exact) mass is 299 g/mol. The topological polar surface area (TPSA) is 79.5 Å². The molecule has 1 aromatic carbocycles. The molecule has 7 heteroatoms. The average Bonchev–Trinajstić information content (AvgIpc) is 2.45. The predicted molar refractivity (Wildman–Crippen MR) is 76.6 cm³/mol. The highest BCUT2D eigenvalue weighted by Gasteiger charge is 2.04. The molecule has 0 saturated heterocycles. The minimum atomic E-state index is -0.399. The number of carbonyl (C=O) groups excluding carboxylic acids is 2. The zero-order valence-corrected chi connectivity index (χ0v) is 12.0. The Bertz CT molecular complexity index is 437. The van der Waals surface area contributed by atoms with Crippen LogP contribution in [0.3, 0.4) is 0 Å². The van der Waals surface area contributed by atoms with E-state index in [0.29, 0.717) is 24.7 Å². The van der Waals surface area contributed by atoms with Crippen LogP contribution in [0.5, 0.6) is 0 Å². The Labute approximate surface area is 122 Å². The summed E-state index contributed by atoms with van der Waals surface area (Å²) in [5.41, 5.74) is 0.937. The van der Waals surface area contributed by atoms with Gasteiger partial charge in [0.15, 0.2) is 0 Å². The van der Waals surface area contributed by atoms with Gasteiger partial charge in [0, 0.05) is 25.2 Å². The zero-order valence-electron chi connectivity index (χ0n) is 11.2.